The fraction of sp³-hybridized carbons (Fsp3) is 0.879. The Hall–Kier alpha value is -1.59. The van der Waals surface area contributed by atoms with Crippen LogP contribution in [-0.4, -0.2) is 87.5 Å². The van der Waals surface area contributed by atoms with Crippen molar-refractivity contribution in [3.8, 4) is 0 Å². The average molecular weight is 949 g/mol. The van der Waals surface area contributed by atoms with Crippen molar-refractivity contribution in [3.05, 3.63) is 36.5 Å². The SMILES string of the molecule is CCCCC/C=C/CC/C=C/C(O)C(COC1OC(CO)C(O)C(O)C1O)NC(=O)CCCCCCCCCCCCCCCCCCCCCCCCC/C=C\CCCCCCCCCC. The molecule has 1 amide bonds. The molecule has 9 heteroatoms. The lowest BCUT2D eigenvalue weighted by molar-refractivity contribution is -0.302. The van der Waals surface area contributed by atoms with Crippen molar-refractivity contribution in [2.24, 2.45) is 0 Å². The summed E-state index contributed by atoms with van der Waals surface area (Å²) in [6, 6.07) is -0.817. The number of allylic oxidation sites excluding steroid dienone is 5. The Morgan fingerprint density at radius 2 is 0.851 bits per heavy atom. The summed E-state index contributed by atoms with van der Waals surface area (Å²) in [4.78, 5) is 13.0. The second-order valence-corrected chi connectivity index (χ2v) is 20.1. The monoisotopic (exact) mass is 948 g/mol. The number of carbonyl (C=O) groups excluding carboxylic acids is 1. The first-order chi connectivity index (χ1) is 32.8. The molecule has 1 rings (SSSR count). The molecule has 0 spiro atoms. The van der Waals surface area contributed by atoms with Gasteiger partial charge in [-0.3, -0.25) is 4.79 Å². The van der Waals surface area contributed by atoms with Gasteiger partial charge in [-0.15, -0.1) is 0 Å². The van der Waals surface area contributed by atoms with Crippen LogP contribution in [0.2, 0.25) is 0 Å². The molecule has 1 aliphatic rings. The highest BCUT2D eigenvalue weighted by Crippen LogP contribution is 2.23. The molecule has 1 heterocycles. The standard InChI is InChI=1S/C58H109NO8/c1-3-5-7-9-11-13-14-15-16-17-18-19-20-21-22-23-24-25-26-27-28-29-30-31-32-33-34-35-36-37-38-40-42-44-46-48-54(62)59-51(52(61)47-45-43-41-39-12-10-8-6-4-2)50-66-58-57(65)56(64)55(63)53(49-60)67-58/h12,17-18,39,45,47,51-53,55-58,60-61,63-65H,3-11,13-16,19-38,40-44,46,48-50H2,1-2H3,(H,59,62)/b18-17-,39-12+,47-45+. The molecule has 0 bridgehead atoms. The van der Waals surface area contributed by atoms with Gasteiger partial charge in [0.15, 0.2) is 6.29 Å². The van der Waals surface area contributed by atoms with Gasteiger partial charge in [-0.05, 0) is 57.8 Å². The van der Waals surface area contributed by atoms with E-state index < -0.39 is 49.5 Å². The lowest BCUT2D eigenvalue weighted by atomic mass is 9.99. The van der Waals surface area contributed by atoms with E-state index in [2.05, 4.69) is 43.5 Å². The van der Waals surface area contributed by atoms with E-state index in [1.807, 2.05) is 6.08 Å². The highest BCUT2D eigenvalue weighted by molar-refractivity contribution is 5.76. The van der Waals surface area contributed by atoms with Gasteiger partial charge in [0.25, 0.3) is 0 Å². The minimum atomic E-state index is -1.57. The molecule has 7 atom stereocenters. The number of amides is 1. The Morgan fingerprint density at radius 1 is 0.493 bits per heavy atom. The van der Waals surface area contributed by atoms with E-state index >= 15 is 0 Å². The first kappa shape index (κ1) is 63.4. The van der Waals surface area contributed by atoms with Crippen LogP contribution in [0.4, 0.5) is 0 Å². The molecule has 1 saturated heterocycles. The molecule has 0 aliphatic carbocycles. The Bertz CT molecular complexity index is 1150. The zero-order chi connectivity index (χ0) is 48.7. The Labute approximate surface area is 412 Å². The van der Waals surface area contributed by atoms with Crippen molar-refractivity contribution in [1.29, 1.82) is 0 Å². The lowest BCUT2D eigenvalue weighted by Crippen LogP contribution is -2.60. The molecule has 0 aromatic carbocycles. The van der Waals surface area contributed by atoms with Crippen LogP contribution in [0.25, 0.3) is 0 Å². The summed E-state index contributed by atoms with van der Waals surface area (Å²) in [6.45, 7) is 3.72. The molecule has 7 unspecified atom stereocenters. The normalized spacial score (nSPS) is 19.9. The average Bonchev–Trinajstić information content (AvgIpc) is 3.33. The van der Waals surface area contributed by atoms with Gasteiger partial charge in [0.05, 0.1) is 25.4 Å². The molecule has 1 aliphatic heterocycles. The molecule has 394 valence electrons. The summed E-state index contributed by atoms with van der Waals surface area (Å²) in [7, 11) is 0. The van der Waals surface area contributed by atoms with Crippen LogP contribution in [0.5, 0.6) is 0 Å². The third-order valence-corrected chi connectivity index (χ3v) is 13.7. The number of hydrogen-bond acceptors (Lipinski definition) is 8. The first-order valence-corrected chi connectivity index (χ1v) is 28.7. The predicted octanol–water partition coefficient (Wildman–Crippen LogP) is 14.0. The third kappa shape index (κ3) is 37.9. The predicted molar refractivity (Wildman–Crippen MR) is 281 cm³/mol. The summed E-state index contributed by atoms with van der Waals surface area (Å²) in [5.74, 6) is -0.186. The molecule has 0 aromatic heterocycles. The Morgan fingerprint density at radius 3 is 1.28 bits per heavy atom. The van der Waals surface area contributed by atoms with Gasteiger partial charge in [0.1, 0.15) is 24.4 Å². The summed E-state index contributed by atoms with van der Waals surface area (Å²) < 4.78 is 11.2. The summed E-state index contributed by atoms with van der Waals surface area (Å²) in [6.07, 6.45) is 55.5. The van der Waals surface area contributed by atoms with E-state index in [-0.39, 0.29) is 12.5 Å². The maximum atomic E-state index is 13.0. The lowest BCUT2D eigenvalue weighted by Gasteiger charge is -2.40. The van der Waals surface area contributed by atoms with Crippen LogP contribution < -0.4 is 5.32 Å². The van der Waals surface area contributed by atoms with Gasteiger partial charge in [-0.1, -0.05) is 243 Å². The van der Waals surface area contributed by atoms with E-state index in [1.165, 1.54) is 212 Å². The second-order valence-electron chi connectivity index (χ2n) is 20.1. The number of aliphatic hydroxyl groups excluding tert-OH is 5. The zero-order valence-corrected chi connectivity index (χ0v) is 43.7. The molecule has 0 aromatic rings. The number of aliphatic hydroxyl groups is 5. The van der Waals surface area contributed by atoms with Gasteiger partial charge in [-0.25, -0.2) is 0 Å². The van der Waals surface area contributed by atoms with Crippen LogP contribution in [0.3, 0.4) is 0 Å². The van der Waals surface area contributed by atoms with E-state index in [0.29, 0.717) is 6.42 Å². The minimum Gasteiger partial charge on any atom is -0.394 e. The fourth-order valence-electron chi connectivity index (χ4n) is 9.11. The van der Waals surface area contributed by atoms with E-state index in [9.17, 15) is 30.3 Å². The van der Waals surface area contributed by atoms with Gasteiger partial charge < -0.3 is 40.3 Å². The van der Waals surface area contributed by atoms with Crippen LogP contribution in [0, 0.1) is 0 Å². The molecule has 6 N–H and O–H groups in total. The van der Waals surface area contributed by atoms with E-state index in [0.717, 1.165) is 38.5 Å². The van der Waals surface area contributed by atoms with E-state index in [4.69, 9.17) is 9.47 Å². The maximum Gasteiger partial charge on any atom is 0.220 e. The fourth-order valence-corrected chi connectivity index (χ4v) is 9.11. The number of rotatable bonds is 49. The van der Waals surface area contributed by atoms with Crippen molar-refractivity contribution in [1.82, 2.24) is 5.32 Å². The summed E-state index contributed by atoms with van der Waals surface area (Å²) >= 11 is 0. The Kier molecular flexibility index (Phi) is 45.5. The van der Waals surface area contributed by atoms with Crippen molar-refractivity contribution in [3.63, 3.8) is 0 Å². The quantitative estimate of drug-likeness (QED) is 0.0261. The molecule has 9 nitrogen and oxygen atoms in total. The second kappa shape index (κ2) is 48.1. The van der Waals surface area contributed by atoms with Crippen LogP contribution in [0.1, 0.15) is 271 Å². The van der Waals surface area contributed by atoms with E-state index in [1.54, 1.807) is 6.08 Å². The molecule has 0 saturated carbocycles. The third-order valence-electron chi connectivity index (χ3n) is 13.7. The van der Waals surface area contributed by atoms with Crippen molar-refractivity contribution in [2.45, 2.75) is 314 Å². The number of unbranched alkanes of at least 4 members (excludes halogenated alkanes) is 35. The highest BCUT2D eigenvalue weighted by Gasteiger charge is 2.44. The molecular weight excluding hydrogens is 839 g/mol. The summed E-state index contributed by atoms with van der Waals surface area (Å²) in [5.41, 5.74) is 0. The molecular formula is C58H109NO8. The number of nitrogens with one attached hydrogen (secondary N) is 1. The van der Waals surface area contributed by atoms with Crippen LogP contribution >= 0.6 is 0 Å². The zero-order valence-electron chi connectivity index (χ0n) is 43.7. The van der Waals surface area contributed by atoms with Crippen LogP contribution in [-0.2, 0) is 14.3 Å². The van der Waals surface area contributed by atoms with Crippen molar-refractivity contribution in [2.75, 3.05) is 13.2 Å². The summed E-state index contributed by atoms with van der Waals surface area (Å²) in [5, 5.41) is 54.1. The highest BCUT2D eigenvalue weighted by atomic mass is 16.7. The van der Waals surface area contributed by atoms with Gasteiger partial charge in [-0.2, -0.15) is 0 Å². The minimum absolute atomic E-state index is 0.186. The smallest absolute Gasteiger partial charge is 0.220 e. The number of carbonyl (C=O) groups is 1. The van der Waals surface area contributed by atoms with Crippen molar-refractivity contribution < 1.29 is 39.8 Å². The topological polar surface area (TPSA) is 149 Å². The number of ether oxygens (including phenoxy) is 2. The van der Waals surface area contributed by atoms with Gasteiger partial charge in [0, 0.05) is 6.42 Å². The first-order valence-electron chi connectivity index (χ1n) is 28.7. The largest absolute Gasteiger partial charge is 0.394 e. The molecule has 0 radical (unpaired) electrons. The Balaban J connectivity index is 2.03. The maximum absolute atomic E-state index is 13.0. The van der Waals surface area contributed by atoms with Gasteiger partial charge >= 0.3 is 0 Å². The van der Waals surface area contributed by atoms with Crippen molar-refractivity contribution >= 4 is 5.91 Å². The van der Waals surface area contributed by atoms with Gasteiger partial charge in [0.2, 0.25) is 5.91 Å². The van der Waals surface area contributed by atoms with Crippen LogP contribution in [0.15, 0.2) is 36.5 Å². The molecule has 1 fully saturated rings. The number of hydrogen-bond donors (Lipinski definition) is 6. The molecule has 67 heavy (non-hydrogen) atoms.